The number of nitrogen functional groups attached to an aromatic ring is 1. The third-order valence-corrected chi connectivity index (χ3v) is 4.26. The topological polar surface area (TPSA) is 80.9 Å². The van der Waals surface area contributed by atoms with E-state index in [1.807, 2.05) is 0 Å². The van der Waals surface area contributed by atoms with E-state index in [9.17, 15) is 22.4 Å². The molecule has 0 atom stereocenters. The molecular formula is C16H10F4N4OS. The second-order valence-electron chi connectivity index (χ2n) is 5.12. The first-order chi connectivity index (χ1) is 12.2. The fourth-order valence-corrected chi connectivity index (χ4v) is 2.90. The van der Waals surface area contributed by atoms with Gasteiger partial charge in [-0.3, -0.25) is 9.78 Å². The molecule has 0 aliphatic heterocycles. The predicted octanol–water partition coefficient (Wildman–Crippen LogP) is 4.25. The molecule has 2 heterocycles. The lowest BCUT2D eigenvalue weighted by Crippen LogP contribution is -2.09. The van der Waals surface area contributed by atoms with E-state index in [1.165, 1.54) is 24.3 Å². The first-order valence-electron chi connectivity index (χ1n) is 7.11. The van der Waals surface area contributed by atoms with Crippen LogP contribution in [0.2, 0.25) is 0 Å². The van der Waals surface area contributed by atoms with Crippen molar-refractivity contribution in [2.45, 2.75) is 6.18 Å². The fourth-order valence-electron chi connectivity index (χ4n) is 2.03. The van der Waals surface area contributed by atoms with Crippen LogP contribution in [0.5, 0.6) is 0 Å². The number of thiazole rings is 1. The van der Waals surface area contributed by atoms with Crippen molar-refractivity contribution < 1.29 is 22.4 Å². The quantitative estimate of drug-likeness (QED) is 0.521. The van der Waals surface area contributed by atoms with E-state index < -0.39 is 23.5 Å². The molecule has 2 aromatic heterocycles. The van der Waals surface area contributed by atoms with Crippen LogP contribution in [0.3, 0.4) is 0 Å². The molecule has 0 unspecified atom stereocenters. The number of alkyl halides is 3. The Morgan fingerprint density at radius 1 is 1.12 bits per heavy atom. The van der Waals surface area contributed by atoms with E-state index in [4.69, 9.17) is 5.73 Å². The molecule has 3 rings (SSSR count). The molecule has 0 aliphatic rings. The third kappa shape index (κ3) is 3.80. The van der Waals surface area contributed by atoms with E-state index in [-0.39, 0.29) is 21.4 Å². The van der Waals surface area contributed by atoms with Gasteiger partial charge in [0.25, 0.3) is 0 Å². The summed E-state index contributed by atoms with van der Waals surface area (Å²) >= 11 is 0.931. The fraction of sp³-hybridized carbons (Fsp3) is 0.0625. The van der Waals surface area contributed by atoms with Crippen molar-refractivity contribution in [3.8, 4) is 0 Å². The van der Waals surface area contributed by atoms with E-state index in [2.05, 4.69) is 15.3 Å². The zero-order valence-corrected chi connectivity index (χ0v) is 13.7. The van der Waals surface area contributed by atoms with Gasteiger partial charge in [0, 0.05) is 17.4 Å². The molecule has 0 radical (unpaired) electrons. The van der Waals surface area contributed by atoms with Gasteiger partial charge in [0.15, 0.2) is 5.13 Å². The number of nitrogens with zero attached hydrogens (tertiary/aromatic N) is 2. The third-order valence-electron chi connectivity index (χ3n) is 3.27. The molecular weight excluding hydrogens is 372 g/mol. The van der Waals surface area contributed by atoms with E-state index in [0.717, 1.165) is 29.7 Å². The van der Waals surface area contributed by atoms with Crippen LogP contribution >= 0.6 is 11.3 Å². The summed E-state index contributed by atoms with van der Waals surface area (Å²) in [5.74, 6) is -1.06. The molecule has 0 saturated carbocycles. The van der Waals surface area contributed by atoms with Crippen LogP contribution in [0, 0.1) is 5.82 Å². The van der Waals surface area contributed by atoms with Crippen molar-refractivity contribution in [1.29, 1.82) is 0 Å². The molecule has 0 bridgehead atoms. The number of ketones is 1. The summed E-state index contributed by atoms with van der Waals surface area (Å²) in [5.41, 5.74) is 5.14. The van der Waals surface area contributed by atoms with Crippen molar-refractivity contribution in [3.63, 3.8) is 0 Å². The Labute approximate surface area is 148 Å². The first kappa shape index (κ1) is 17.8. The number of carbonyl (C=O) groups excluding carboxylic acids is 1. The molecule has 1 aromatic carbocycles. The van der Waals surface area contributed by atoms with Gasteiger partial charge in [-0.25, -0.2) is 9.37 Å². The number of anilines is 3. The molecule has 3 aromatic rings. The molecule has 0 fully saturated rings. The Kier molecular flexibility index (Phi) is 4.60. The number of hydrogen-bond donors (Lipinski definition) is 2. The van der Waals surface area contributed by atoms with Crippen LogP contribution in [0.1, 0.15) is 20.9 Å². The standard InChI is InChI=1S/C16H10F4N4OS/c17-9-2-4-10(5-3-9)23-15-24-14(21)13(26-15)12(25)8-1-6-11(22-7-8)16(18,19)20/h1-7H,21H2,(H,23,24). The summed E-state index contributed by atoms with van der Waals surface area (Å²) in [6.07, 6.45) is -3.74. The Balaban J connectivity index is 1.82. The SMILES string of the molecule is Nc1nc(Nc2ccc(F)cc2)sc1C(=O)c1ccc(C(F)(F)F)nc1. The smallest absolute Gasteiger partial charge is 0.382 e. The number of nitrogens with one attached hydrogen (secondary N) is 1. The molecule has 0 spiro atoms. The Morgan fingerprint density at radius 2 is 1.81 bits per heavy atom. The molecule has 10 heteroatoms. The number of aromatic nitrogens is 2. The number of carbonyl (C=O) groups is 1. The van der Waals surface area contributed by atoms with Gasteiger partial charge in [-0.2, -0.15) is 13.2 Å². The molecule has 0 saturated heterocycles. The average Bonchev–Trinajstić information content (AvgIpc) is 2.96. The van der Waals surface area contributed by atoms with Gasteiger partial charge in [-0.15, -0.1) is 0 Å². The number of benzene rings is 1. The number of nitrogens with two attached hydrogens (primary N) is 1. The van der Waals surface area contributed by atoms with Crippen LogP contribution in [-0.4, -0.2) is 15.8 Å². The van der Waals surface area contributed by atoms with Crippen LogP contribution in [0.15, 0.2) is 42.6 Å². The van der Waals surface area contributed by atoms with Crippen LogP contribution in [0.25, 0.3) is 0 Å². The van der Waals surface area contributed by atoms with Crippen LogP contribution in [-0.2, 0) is 6.18 Å². The maximum absolute atomic E-state index is 12.9. The second-order valence-corrected chi connectivity index (χ2v) is 6.12. The maximum atomic E-state index is 12.9. The Morgan fingerprint density at radius 3 is 2.38 bits per heavy atom. The zero-order chi connectivity index (χ0) is 18.9. The van der Waals surface area contributed by atoms with Gasteiger partial charge >= 0.3 is 6.18 Å². The second kappa shape index (κ2) is 6.71. The summed E-state index contributed by atoms with van der Waals surface area (Å²) in [6.45, 7) is 0. The van der Waals surface area contributed by atoms with E-state index in [0.29, 0.717) is 5.69 Å². The first-order valence-corrected chi connectivity index (χ1v) is 7.92. The highest BCUT2D eigenvalue weighted by molar-refractivity contribution is 7.18. The number of hydrogen-bond acceptors (Lipinski definition) is 6. The minimum absolute atomic E-state index is 0.0401. The van der Waals surface area contributed by atoms with Crippen LogP contribution < -0.4 is 11.1 Å². The van der Waals surface area contributed by atoms with Gasteiger partial charge < -0.3 is 11.1 Å². The van der Waals surface area contributed by atoms with Crippen molar-refractivity contribution in [2.24, 2.45) is 0 Å². The predicted molar refractivity (Wildman–Crippen MR) is 88.9 cm³/mol. The molecule has 0 amide bonds. The molecule has 5 nitrogen and oxygen atoms in total. The van der Waals surface area contributed by atoms with Crippen LogP contribution in [0.4, 0.5) is 34.2 Å². The number of halogens is 4. The Bertz CT molecular complexity index is 936. The van der Waals surface area contributed by atoms with E-state index >= 15 is 0 Å². The van der Waals surface area contributed by atoms with Crippen molar-refractivity contribution in [2.75, 3.05) is 11.1 Å². The summed E-state index contributed by atoms with van der Waals surface area (Å²) in [5, 5.41) is 3.16. The Hall–Kier alpha value is -3.01. The van der Waals surface area contributed by atoms with Gasteiger partial charge in [-0.05, 0) is 36.4 Å². The molecule has 0 aliphatic carbocycles. The largest absolute Gasteiger partial charge is 0.433 e. The highest BCUT2D eigenvalue weighted by Crippen LogP contribution is 2.31. The lowest BCUT2D eigenvalue weighted by atomic mass is 10.1. The monoisotopic (exact) mass is 382 g/mol. The summed E-state index contributed by atoms with van der Waals surface area (Å²) < 4.78 is 50.5. The van der Waals surface area contributed by atoms with Crippen molar-refractivity contribution >= 4 is 33.8 Å². The zero-order valence-electron chi connectivity index (χ0n) is 12.8. The van der Waals surface area contributed by atoms with Gasteiger partial charge in [0.05, 0.1) is 0 Å². The molecule has 26 heavy (non-hydrogen) atoms. The summed E-state index contributed by atoms with van der Waals surface area (Å²) in [4.78, 5) is 19.8. The van der Waals surface area contributed by atoms with Crippen molar-refractivity contribution in [3.05, 3.63) is 64.5 Å². The lowest BCUT2D eigenvalue weighted by Gasteiger charge is -2.05. The lowest BCUT2D eigenvalue weighted by molar-refractivity contribution is -0.141. The minimum Gasteiger partial charge on any atom is -0.382 e. The molecule has 134 valence electrons. The van der Waals surface area contributed by atoms with Crippen molar-refractivity contribution in [1.82, 2.24) is 9.97 Å². The van der Waals surface area contributed by atoms with E-state index in [1.54, 1.807) is 0 Å². The minimum atomic E-state index is -4.59. The van der Waals surface area contributed by atoms with Gasteiger partial charge in [-0.1, -0.05) is 11.3 Å². The molecule has 3 N–H and O–H groups in total. The highest BCUT2D eigenvalue weighted by atomic mass is 32.1. The average molecular weight is 382 g/mol. The number of rotatable bonds is 4. The normalized spacial score (nSPS) is 11.4. The van der Waals surface area contributed by atoms with Gasteiger partial charge in [0.2, 0.25) is 5.78 Å². The summed E-state index contributed by atoms with van der Waals surface area (Å²) in [7, 11) is 0. The highest BCUT2D eigenvalue weighted by Gasteiger charge is 2.32. The van der Waals surface area contributed by atoms with Gasteiger partial charge in [0.1, 0.15) is 22.2 Å². The number of pyridine rings is 1. The maximum Gasteiger partial charge on any atom is 0.433 e. The summed E-state index contributed by atoms with van der Waals surface area (Å²) in [6, 6.07) is 7.22.